The van der Waals surface area contributed by atoms with Gasteiger partial charge in [0.15, 0.2) is 0 Å². The van der Waals surface area contributed by atoms with Gasteiger partial charge in [0, 0.05) is 23.5 Å². The van der Waals surface area contributed by atoms with Crippen molar-refractivity contribution in [3.63, 3.8) is 0 Å². The van der Waals surface area contributed by atoms with Crippen molar-refractivity contribution in [3.8, 4) is 6.07 Å². The molecule has 2 aromatic rings. The quantitative estimate of drug-likeness (QED) is 0.693. The van der Waals surface area contributed by atoms with Gasteiger partial charge in [-0.2, -0.15) is 5.26 Å². The van der Waals surface area contributed by atoms with E-state index in [9.17, 15) is 0 Å². The first-order valence-electron chi connectivity index (χ1n) is 9.07. The zero-order valence-corrected chi connectivity index (χ0v) is 14.8. The van der Waals surface area contributed by atoms with Gasteiger partial charge in [0.25, 0.3) is 0 Å². The second-order valence-electron chi connectivity index (χ2n) is 6.65. The highest BCUT2D eigenvalue weighted by atomic mass is 14.9. The fraction of sp³-hybridized carbons (Fsp3) is 0.381. The standard InChI is InChI=1S/C21H26N4/c1-2-19(8-11-23)25-20-14-18(13-17-9-12-24-21(17)20)16-5-3-15(4-6-16)7-10-22/h3-5,9,12-14,16,19,24-25H,2,6-8,11,23H2,1H3. The van der Waals surface area contributed by atoms with Crippen molar-refractivity contribution >= 4 is 16.6 Å². The van der Waals surface area contributed by atoms with Crippen LogP contribution in [0, 0.1) is 11.3 Å². The molecule has 1 aliphatic carbocycles. The molecule has 0 saturated carbocycles. The molecule has 4 N–H and O–H groups in total. The van der Waals surface area contributed by atoms with Crippen LogP contribution in [0.2, 0.25) is 0 Å². The van der Waals surface area contributed by atoms with Crippen LogP contribution < -0.4 is 11.1 Å². The molecule has 3 rings (SSSR count). The Kier molecular flexibility index (Phi) is 5.57. The fourth-order valence-corrected chi connectivity index (χ4v) is 3.46. The minimum Gasteiger partial charge on any atom is -0.381 e. The van der Waals surface area contributed by atoms with E-state index in [0.717, 1.165) is 36.0 Å². The van der Waals surface area contributed by atoms with Gasteiger partial charge in [-0.25, -0.2) is 0 Å². The van der Waals surface area contributed by atoms with Crippen LogP contribution in [0.15, 0.2) is 48.2 Å². The van der Waals surface area contributed by atoms with E-state index in [1.165, 1.54) is 10.9 Å². The number of nitriles is 1. The highest BCUT2D eigenvalue weighted by Crippen LogP contribution is 2.33. The Hall–Kier alpha value is -2.51. The smallest absolute Gasteiger partial charge is 0.0689 e. The van der Waals surface area contributed by atoms with Crippen LogP contribution in [0.4, 0.5) is 5.69 Å². The number of aromatic nitrogens is 1. The minimum atomic E-state index is 0.358. The largest absolute Gasteiger partial charge is 0.381 e. The Balaban J connectivity index is 1.88. The maximum Gasteiger partial charge on any atom is 0.0689 e. The number of nitrogens with zero attached hydrogens (tertiary/aromatic N) is 1. The lowest BCUT2D eigenvalue weighted by Crippen LogP contribution is -2.22. The molecule has 4 heteroatoms. The predicted octanol–water partition coefficient (Wildman–Crippen LogP) is 4.59. The average molecular weight is 334 g/mol. The summed E-state index contributed by atoms with van der Waals surface area (Å²) in [5, 5.41) is 13.7. The summed E-state index contributed by atoms with van der Waals surface area (Å²) in [6, 6.07) is 9.25. The van der Waals surface area contributed by atoms with Gasteiger partial charge in [-0.15, -0.1) is 0 Å². The van der Waals surface area contributed by atoms with Crippen LogP contribution >= 0.6 is 0 Å². The highest BCUT2D eigenvalue weighted by molar-refractivity contribution is 5.92. The van der Waals surface area contributed by atoms with Crippen molar-refractivity contribution in [1.82, 2.24) is 4.98 Å². The number of anilines is 1. The summed E-state index contributed by atoms with van der Waals surface area (Å²) in [5.41, 5.74) is 10.5. The summed E-state index contributed by atoms with van der Waals surface area (Å²) in [5.74, 6) is 0.358. The van der Waals surface area contributed by atoms with Gasteiger partial charge in [0.1, 0.15) is 0 Å². The predicted molar refractivity (Wildman–Crippen MR) is 104 cm³/mol. The molecule has 0 saturated heterocycles. The number of H-pyrrole nitrogens is 1. The topological polar surface area (TPSA) is 77.6 Å². The second kappa shape index (κ2) is 8.04. The van der Waals surface area contributed by atoms with Crippen LogP contribution in [-0.2, 0) is 0 Å². The van der Waals surface area contributed by atoms with Gasteiger partial charge < -0.3 is 16.0 Å². The second-order valence-corrected chi connectivity index (χ2v) is 6.65. The molecule has 0 radical (unpaired) electrons. The van der Waals surface area contributed by atoms with Gasteiger partial charge in [0.2, 0.25) is 0 Å². The molecule has 0 fully saturated rings. The summed E-state index contributed by atoms with van der Waals surface area (Å²) < 4.78 is 0. The Bertz CT molecular complexity index is 822. The van der Waals surface area contributed by atoms with Crippen LogP contribution in [0.3, 0.4) is 0 Å². The number of hydrogen-bond acceptors (Lipinski definition) is 3. The minimum absolute atomic E-state index is 0.358. The van der Waals surface area contributed by atoms with Crippen molar-refractivity contribution in [2.24, 2.45) is 5.73 Å². The van der Waals surface area contributed by atoms with Crippen molar-refractivity contribution in [1.29, 1.82) is 5.26 Å². The molecule has 2 unspecified atom stereocenters. The first kappa shape index (κ1) is 17.3. The molecule has 25 heavy (non-hydrogen) atoms. The summed E-state index contributed by atoms with van der Waals surface area (Å²) in [6.07, 6.45) is 11.9. The molecular formula is C21H26N4. The van der Waals surface area contributed by atoms with Crippen molar-refractivity contribution in [2.75, 3.05) is 11.9 Å². The molecule has 0 spiro atoms. The number of nitrogens with one attached hydrogen (secondary N) is 2. The van der Waals surface area contributed by atoms with Gasteiger partial charge in [-0.3, -0.25) is 0 Å². The molecular weight excluding hydrogens is 308 g/mol. The lowest BCUT2D eigenvalue weighted by atomic mass is 9.88. The normalized spacial score (nSPS) is 18.0. The van der Waals surface area contributed by atoms with E-state index >= 15 is 0 Å². The molecule has 2 atom stereocenters. The zero-order valence-electron chi connectivity index (χ0n) is 14.8. The number of hydrogen-bond donors (Lipinski definition) is 3. The molecule has 0 bridgehead atoms. The molecule has 0 aliphatic heterocycles. The Morgan fingerprint density at radius 2 is 2.32 bits per heavy atom. The Morgan fingerprint density at radius 1 is 1.44 bits per heavy atom. The van der Waals surface area contributed by atoms with E-state index in [-0.39, 0.29) is 0 Å². The molecule has 0 amide bonds. The summed E-state index contributed by atoms with van der Waals surface area (Å²) in [4.78, 5) is 3.35. The zero-order chi connectivity index (χ0) is 17.6. The summed E-state index contributed by atoms with van der Waals surface area (Å²) >= 11 is 0. The van der Waals surface area contributed by atoms with Crippen LogP contribution in [0.1, 0.15) is 44.1 Å². The number of benzene rings is 1. The molecule has 1 heterocycles. The lowest BCUT2D eigenvalue weighted by Gasteiger charge is -2.21. The van der Waals surface area contributed by atoms with Crippen LogP contribution in [-0.4, -0.2) is 17.6 Å². The summed E-state index contributed by atoms with van der Waals surface area (Å²) in [7, 11) is 0. The number of nitrogens with two attached hydrogens (primary N) is 1. The molecule has 4 nitrogen and oxygen atoms in total. The molecule has 1 aromatic heterocycles. The molecule has 1 aromatic carbocycles. The maximum absolute atomic E-state index is 8.84. The van der Waals surface area contributed by atoms with Crippen LogP contribution in [0.5, 0.6) is 0 Å². The Morgan fingerprint density at radius 3 is 3.00 bits per heavy atom. The lowest BCUT2D eigenvalue weighted by molar-refractivity contribution is 0.642. The number of allylic oxidation sites excluding steroid dienone is 4. The molecule has 130 valence electrons. The first-order chi connectivity index (χ1) is 12.2. The van der Waals surface area contributed by atoms with Crippen molar-refractivity contribution < 1.29 is 0 Å². The van der Waals surface area contributed by atoms with Crippen molar-refractivity contribution in [2.45, 2.75) is 44.6 Å². The fourth-order valence-electron chi connectivity index (χ4n) is 3.46. The monoisotopic (exact) mass is 334 g/mol. The molecule has 1 aliphatic rings. The third-order valence-corrected chi connectivity index (χ3v) is 4.94. The third kappa shape index (κ3) is 3.94. The van der Waals surface area contributed by atoms with E-state index < -0.39 is 0 Å². The first-order valence-corrected chi connectivity index (χ1v) is 9.07. The van der Waals surface area contributed by atoms with E-state index in [1.807, 2.05) is 6.20 Å². The van der Waals surface area contributed by atoms with E-state index in [1.54, 1.807) is 0 Å². The number of aromatic amines is 1. The van der Waals surface area contributed by atoms with Crippen molar-refractivity contribution in [3.05, 3.63) is 53.8 Å². The van der Waals surface area contributed by atoms with Gasteiger partial charge in [-0.1, -0.05) is 25.2 Å². The number of rotatable bonds is 7. The van der Waals surface area contributed by atoms with E-state index in [0.29, 0.717) is 24.9 Å². The highest BCUT2D eigenvalue weighted by Gasteiger charge is 2.15. The summed E-state index contributed by atoms with van der Waals surface area (Å²) in [6.45, 7) is 2.88. The number of fused-ring (bicyclic) bond motifs is 1. The van der Waals surface area contributed by atoms with Crippen LogP contribution in [0.25, 0.3) is 10.9 Å². The maximum atomic E-state index is 8.84. The van der Waals surface area contributed by atoms with E-state index in [4.69, 9.17) is 11.0 Å². The Labute approximate surface area is 149 Å². The van der Waals surface area contributed by atoms with Gasteiger partial charge in [0.05, 0.1) is 23.7 Å². The van der Waals surface area contributed by atoms with Gasteiger partial charge >= 0.3 is 0 Å². The third-order valence-electron chi connectivity index (χ3n) is 4.94. The van der Waals surface area contributed by atoms with Gasteiger partial charge in [-0.05, 0) is 55.1 Å². The average Bonchev–Trinajstić information content (AvgIpc) is 3.11. The SMILES string of the molecule is CCC(CCN)Nc1cc(C2C=CC(CC#N)=CC2)cc2cc[nH]c12. The van der Waals surface area contributed by atoms with E-state index in [2.05, 4.69) is 59.7 Å².